The third-order valence-corrected chi connectivity index (χ3v) is 8.38. The number of amides is 6. The van der Waals surface area contributed by atoms with Gasteiger partial charge in [0, 0.05) is 24.9 Å². The monoisotopic (exact) mass is 709 g/mol. The lowest BCUT2D eigenvalue weighted by Crippen LogP contribution is -2.61. The molecular formula is C31H51N9O10. The molecule has 0 unspecified atom stereocenters. The molecule has 50 heavy (non-hydrogen) atoms. The normalized spacial score (nSPS) is 17.8. The quantitative estimate of drug-likeness (QED) is 0.0631. The third kappa shape index (κ3) is 12.1. The van der Waals surface area contributed by atoms with E-state index in [-0.39, 0.29) is 44.2 Å². The molecule has 1 aromatic heterocycles. The molecule has 0 aromatic carbocycles. The van der Waals surface area contributed by atoms with Gasteiger partial charge < -0.3 is 57.5 Å². The minimum absolute atomic E-state index is 0.0775. The van der Waals surface area contributed by atoms with Gasteiger partial charge in [0.05, 0.1) is 26.1 Å². The van der Waals surface area contributed by atoms with Gasteiger partial charge in [-0.15, -0.1) is 0 Å². The summed E-state index contributed by atoms with van der Waals surface area (Å²) >= 11 is 0. The second kappa shape index (κ2) is 20.1. The van der Waals surface area contributed by atoms with Gasteiger partial charge in [0.25, 0.3) is 0 Å². The number of nitrogens with one attached hydrogen (secondary N) is 6. The number of carboxylic acid groups (broad SMARTS) is 1. The van der Waals surface area contributed by atoms with Gasteiger partial charge in [0.2, 0.25) is 35.4 Å². The van der Waals surface area contributed by atoms with Crippen LogP contribution < -0.4 is 32.3 Å². The Morgan fingerprint density at radius 2 is 1.54 bits per heavy atom. The Morgan fingerprint density at radius 3 is 2.08 bits per heavy atom. The van der Waals surface area contributed by atoms with Crippen molar-refractivity contribution >= 4 is 41.4 Å². The molecule has 19 nitrogen and oxygen atoms in total. The van der Waals surface area contributed by atoms with E-state index in [0.29, 0.717) is 18.5 Å². The average Bonchev–Trinajstić information content (AvgIpc) is 3.79. The number of aliphatic hydroxyl groups excluding tert-OH is 2. The molecule has 1 aromatic rings. The molecule has 1 saturated heterocycles. The number of rotatable bonds is 20. The van der Waals surface area contributed by atoms with E-state index in [1.807, 2.05) is 20.8 Å². The van der Waals surface area contributed by atoms with E-state index in [1.54, 1.807) is 6.92 Å². The van der Waals surface area contributed by atoms with Crippen molar-refractivity contribution in [2.45, 2.75) is 96.1 Å². The van der Waals surface area contributed by atoms with Crippen LogP contribution in [0.2, 0.25) is 0 Å². The van der Waals surface area contributed by atoms with Crippen molar-refractivity contribution in [1.82, 2.24) is 41.5 Å². The fourth-order valence-corrected chi connectivity index (χ4v) is 5.41. The lowest BCUT2D eigenvalue weighted by atomic mass is 9.96. The van der Waals surface area contributed by atoms with Crippen molar-refractivity contribution in [3.63, 3.8) is 0 Å². The Kier molecular flexibility index (Phi) is 16.7. The molecule has 280 valence electrons. The number of hydrogen-bond donors (Lipinski definition) is 10. The Balaban J connectivity index is 2.13. The van der Waals surface area contributed by atoms with Crippen LogP contribution in [0.1, 0.15) is 59.1 Å². The summed E-state index contributed by atoms with van der Waals surface area (Å²) in [6.45, 7) is 5.25. The number of aromatic amines is 1. The van der Waals surface area contributed by atoms with E-state index >= 15 is 0 Å². The molecule has 1 fully saturated rings. The summed E-state index contributed by atoms with van der Waals surface area (Å²) in [6, 6.07) is -7.71. The first-order chi connectivity index (χ1) is 23.7. The first-order valence-electron chi connectivity index (χ1n) is 16.6. The number of aliphatic hydroxyl groups is 2. The Hall–Kier alpha value is -4.62. The lowest BCUT2D eigenvalue weighted by Gasteiger charge is -2.30. The van der Waals surface area contributed by atoms with E-state index in [1.165, 1.54) is 12.5 Å². The summed E-state index contributed by atoms with van der Waals surface area (Å²) in [5.41, 5.74) is 5.83. The highest BCUT2D eigenvalue weighted by atomic mass is 16.4. The van der Waals surface area contributed by atoms with E-state index in [0.717, 1.165) is 4.90 Å². The summed E-state index contributed by atoms with van der Waals surface area (Å²) in [5.74, 6) is -6.26. The van der Waals surface area contributed by atoms with Crippen molar-refractivity contribution < 1.29 is 48.9 Å². The SMILES string of the molecule is CC[C@H](C)[C@H](NC(=O)CN)C(=O)N[C@@H](CC(C)C)C(=O)N[C@@H](CO)C(=O)N1CCC[C@H]1C(=O)N[C@@H](CO)C(=O)N[C@@H](Cc1cnc[nH]1)C(=O)O. The highest BCUT2D eigenvalue weighted by Crippen LogP contribution is 2.19. The number of nitrogens with zero attached hydrogens (tertiary/aromatic N) is 2. The van der Waals surface area contributed by atoms with Crippen molar-refractivity contribution in [2.75, 3.05) is 26.3 Å². The van der Waals surface area contributed by atoms with Crippen molar-refractivity contribution in [2.24, 2.45) is 17.6 Å². The zero-order chi connectivity index (χ0) is 37.5. The number of aliphatic carboxylic acids is 1. The summed E-state index contributed by atoms with van der Waals surface area (Å²) < 4.78 is 0. The molecule has 2 heterocycles. The van der Waals surface area contributed by atoms with Crippen LogP contribution in [0.15, 0.2) is 12.5 Å². The predicted octanol–water partition coefficient (Wildman–Crippen LogP) is -3.51. The fourth-order valence-electron chi connectivity index (χ4n) is 5.41. The highest BCUT2D eigenvalue weighted by Gasteiger charge is 2.40. The molecule has 19 heteroatoms. The van der Waals surface area contributed by atoms with E-state index in [2.05, 4.69) is 36.6 Å². The number of likely N-dealkylation sites (tertiary alicyclic amines) is 1. The van der Waals surface area contributed by atoms with Crippen molar-refractivity contribution in [3.8, 4) is 0 Å². The number of H-pyrrole nitrogens is 1. The molecule has 11 N–H and O–H groups in total. The molecule has 1 aliphatic heterocycles. The lowest BCUT2D eigenvalue weighted by molar-refractivity contribution is -0.144. The van der Waals surface area contributed by atoms with Crippen molar-refractivity contribution in [1.29, 1.82) is 0 Å². The second-order valence-electron chi connectivity index (χ2n) is 12.7. The maximum absolute atomic E-state index is 13.6. The van der Waals surface area contributed by atoms with Gasteiger partial charge in [-0.1, -0.05) is 34.1 Å². The standard InChI is InChI=1S/C31H51N9O10/c1-5-17(4)25(39-24(43)11-32)29(47)35-19(9-16(2)3)26(44)38-22(14-42)30(48)40-8-6-7-23(40)28(46)37-21(13-41)27(45)36-20(31(49)50)10-18-12-33-15-34-18/h12,15-17,19-23,25,41-42H,5-11,13-14,32H2,1-4H3,(H,33,34)(H,35,47)(H,36,45)(H,37,46)(H,38,44)(H,39,43)(H,49,50)/t17-,19-,20-,21-,22-,23-,25-/m0/s1. The number of carbonyl (C=O) groups is 7. The van der Waals surface area contributed by atoms with E-state index in [4.69, 9.17) is 5.73 Å². The number of nitrogens with two attached hydrogens (primary N) is 1. The Bertz CT molecular complexity index is 1330. The predicted molar refractivity (Wildman–Crippen MR) is 176 cm³/mol. The van der Waals surface area contributed by atoms with Crippen LogP contribution in [0.25, 0.3) is 0 Å². The van der Waals surface area contributed by atoms with Crippen molar-refractivity contribution in [3.05, 3.63) is 18.2 Å². The molecule has 2 rings (SSSR count). The maximum Gasteiger partial charge on any atom is 0.326 e. The molecular weight excluding hydrogens is 658 g/mol. The first kappa shape index (κ1) is 41.6. The maximum atomic E-state index is 13.6. The molecule has 6 amide bonds. The van der Waals surface area contributed by atoms with Crippen LogP contribution in [0.3, 0.4) is 0 Å². The van der Waals surface area contributed by atoms with Gasteiger partial charge in [-0.05, 0) is 31.1 Å². The first-order valence-corrected chi connectivity index (χ1v) is 16.6. The Morgan fingerprint density at radius 1 is 0.920 bits per heavy atom. The van der Waals surface area contributed by atoms with E-state index in [9.17, 15) is 48.9 Å². The molecule has 7 atom stereocenters. The van der Waals surface area contributed by atoms with Gasteiger partial charge in [-0.3, -0.25) is 28.8 Å². The van der Waals surface area contributed by atoms with E-state index < -0.39 is 90.9 Å². The number of aromatic nitrogens is 2. The topological polar surface area (TPSA) is 298 Å². The minimum Gasteiger partial charge on any atom is -0.480 e. The molecule has 1 aliphatic rings. The van der Waals surface area contributed by atoms with Crippen LogP contribution >= 0.6 is 0 Å². The molecule has 0 bridgehead atoms. The molecule has 0 radical (unpaired) electrons. The number of imidazole rings is 1. The van der Waals surface area contributed by atoms with Crippen LogP contribution in [-0.2, 0) is 40.0 Å². The van der Waals surface area contributed by atoms with Gasteiger partial charge in [0.15, 0.2) is 0 Å². The summed E-state index contributed by atoms with van der Waals surface area (Å²) in [5, 5.41) is 41.8. The zero-order valence-corrected chi connectivity index (χ0v) is 28.8. The smallest absolute Gasteiger partial charge is 0.326 e. The highest BCUT2D eigenvalue weighted by molar-refractivity contribution is 5.97. The van der Waals surface area contributed by atoms with Crippen LogP contribution in [0.5, 0.6) is 0 Å². The largest absolute Gasteiger partial charge is 0.480 e. The molecule has 0 saturated carbocycles. The third-order valence-electron chi connectivity index (χ3n) is 8.38. The number of hydrogen-bond acceptors (Lipinski definition) is 11. The van der Waals surface area contributed by atoms with Gasteiger partial charge >= 0.3 is 5.97 Å². The van der Waals surface area contributed by atoms with Gasteiger partial charge in [-0.25, -0.2) is 9.78 Å². The van der Waals surface area contributed by atoms with Gasteiger partial charge in [-0.2, -0.15) is 0 Å². The summed E-state index contributed by atoms with van der Waals surface area (Å²) in [6.07, 6.45) is 3.81. The second-order valence-corrected chi connectivity index (χ2v) is 12.7. The van der Waals surface area contributed by atoms with Crippen LogP contribution in [0, 0.1) is 11.8 Å². The van der Waals surface area contributed by atoms with Crippen LogP contribution in [-0.4, -0.2) is 134 Å². The molecule has 0 aliphatic carbocycles. The summed E-state index contributed by atoms with van der Waals surface area (Å²) in [4.78, 5) is 97.7. The summed E-state index contributed by atoms with van der Waals surface area (Å²) in [7, 11) is 0. The molecule has 0 spiro atoms. The van der Waals surface area contributed by atoms with Gasteiger partial charge in [0.1, 0.15) is 36.3 Å². The average molecular weight is 710 g/mol. The zero-order valence-electron chi connectivity index (χ0n) is 28.8. The fraction of sp³-hybridized carbons (Fsp3) is 0.677. The number of carboxylic acids is 1. The minimum atomic E-state index is -1.55. The number of carbonyl (C=O) groups excluding carboxylic acids is 6. The Labute approximate surface area is 289 Å². The van der Waals surface area contributed by atoms with Crippen LogP contribution in [0.4, 0.5) is 0 Å².